The third-order valence-corrected chi connectivity index (χ3v) is 3.06. The number of aromatic nitrogens is 2. The molecule has 1 saturated carbocycles. The predicted octanol–water partition coefficient (Wildman–Crippen LogP) is 1.40. The van der Waals surface area contributed by atoms with Gasteiger partial charge in [-0.05, 0) is 19.3 Å². The third kappa shape index (κ3) is 5.92. The Morgan fingerprint density at radius 2 is 2.19 bits per heavy atom. The summed E-state index contributed by atoms with van der Waals surface area (Å²) in [4.78, 5) is 15.6. The van der Waals surface area contributed by atoms with E-state index in [1.807, 2.05) is 0 Å². The second kappa shape index (κ2) is 7.65. The Kier molecular flexibility index (Phi) is 6.47. The number of aryl methyl sites for hydroxylation is 1. The van der Waals surface area contributed by atoms with Crippen LogP contribution in [0.4, 0.5) is 8.78 Å². The van der Waals surface area contributed by atoms with E-state index in [4.69, 9.17) is 10.3 Å². The molecule has 0 aromatic carbocycles. The molecule has 3 N–H and O–H groups in total. The molecule has 1 aliphatic rings. The molecule has 1 aromatic rings. The van der Waals surface area contributed by atoms with Gasteiger partial charge in [0, 0.05) is 18.8 Å². The molecule has 0 atom stereocenters. The molecular formula is C12H19ClF2N4O2. The van der Waals surface area contributed by atoms with Gasteiger partial charge in [-0.25, -0.2) is 8.78 Å². The molecule has 2 rings (SSSR count). The Balaban J connectivity index is 0.00000220. The van der Waals surface area contributed by atoms with Crippen LogP contribution in [0.2, 0.25) is 0 Å². The number of nitrogens with zero attached hydrogens (tertiary/aromatic N) is 2. The number of nitrogens with one attached hydrogen (secondary N) is 1. The van der Waals surface area contributed by atoms with Crippen LogP contribution >= 0.6 is 12.4 Å². The van der Waals surface area contributed by atoms with Gasteiger partial charge in [-0.1, -0.05) is 5.16 Å². The summed E-state index contributed by atoms with van der Waals surface area (Å²) in [5.74, 6) is -1.84. The van der Waals surface area contributed by atoms with Gasteiger partial charge in [0.15, 0.2) is 5.82 Å². The van der Waals surface area contributed by atoms with Crippen LogP contribution in [-0.2, 0) is 11.2 Å². The Labute approximate surface area is 127 Å². The van der Waals surface area contributed by atoms with Crippen LogP contribution in [-0.4, -0.2) is 35.1 Å². The first-order valence-corrected chi connectivity index (χ1v) is 6.67. The van der Waals surface area contributed by atoms with Crippen molar-refractivity contribution in [3.05, 3.63) is 11.7 Å². The zero-order valence-electron chi connectivity index (χ0n) is 11.5. The normalized spacial score (nSPS) is 14.6. The molecular weight excluding hydrogens is 306 g/mol. The highest BCUT2D eigenvalue weighted by Crippen LogP contribution is 2.38. The summed E-state index contributed by atoms with van der Waals surface area (Å²) < 4.78 is 30.7. The summed E-state index contributed by atoms with van der Waals surface area (Å²) in [6.07, 6.45) is 3.28. The number of amides is 1. The molecule has 1 aromatic heterocycles. The van der Waals surface area contributed by atoms with Crippen LogP contribution in [0, 0.1) is 0 Å². The second-order valence-electron chi connectivity index (χ2n) is 5.01. The van der Waals surface area contributed by atoms with E-state index in [-0.39, 0.29) is 18.8 Å². The Morgan fingerprint density at radius 3 is 2.81 bits per heavy atom. The van der Waals surface area contributed by atoms with E-state index in [1.54, 1.807) is 0 Å². The minimum Gasteiger partial charge on any atom is -0.350 e. The number of rotatable bonds is 8. The van der Waals surface area contributed by atoms with Crippen molar-refractivity contribution in [1.29, 1.82) is 0 Å². The number of halogens is 3. The molecule has 0 spiro atoms. The lowest BCUT2D eigenvalue weighted by molar-refractivity contribution is -0.123. The number of alkyl halides is 2. The van der Waals surface area contributed by atoms with Crippen LogP contribution in [0.3, 0.4) is 0 Å². The van der Waals surface area contributed by atoms with Crippen LogP contribution < -0.4 is 11.1 Å². The molecule has 0 bridgehead atoms. The van der Waals surface area contributed by atoms with Gasteiger partial charge in [0.05, 0.1) is 13.1 Å². The molecule has 9 heteroatoms. The highest BCUT2D eigenvalue weighted by molar-refractivity contribution is 5.85. The first-order valence-electron chi connectivity index (χ1n) is 6.67. The average Bonchev–Trinajstić information content (AvgIpc) is 3.17. The van der Waals surface area contributed by atoms with E-state index >= 15 is 0 Å². The van der Waals surface area contributed by atoms with Crippen molar-refractivity contribution >= 4 is 18.3 Å². The molecule has 1 aliphatic carbocycles. The van der Waals surface area contributed by atoms with Crippen molar-refractivity contribution < 1.29 is 18.1 Å². The maximum atomic E-state index is 12.8. The summed E-state index contributed by atoms with van der Waals surface area (Å²) in [5.41, 5.74) is 4.87. The molecule has 21 heavy (non-hydrogen) atoms. The molecule has 6 nitrogen and oxygen atoms in total. The van der Waals surface area contributed by atoms with Crippen molar-refractivity contribution in [2.45, 2.75) is 43.9 Å². The number of carbonyl (C=O) groups is 1. The number of hydrogen-bond acceptors (Lipinski definition) is 5. The topological polar surface area (TPSA) is 94.0 Å². The summed E-state index contributed by atoms with van der Waals surface area (Å²) >= 11 is 0. The van der Waals surface area contributed by atoms with Gasteiger partial charge in [-0.2, -0.15) is 4.98 Å². The van der Waals surface area contributed by atoms with Crippen molar-refractivity contribution in [1.82, 2.24) is 15.5 Å². The van der Waals surface area contributed by atoms with E-state index in [1.165, 1.54) is 0 Å². The number of nitrogens with two attached hydrogens (primary N) is 1. The molecule has 120 valence electrons. The largest absolute Gasteiger partial charge is 0.350 e. The highest BCUT2D eigenvalue weighted by Gasteiger charge is 2.29. The van der Waals surface area contributed by atoms with Crippen molar-refractivity contribution in [2.24, 2.45) is 5.73 Å². The molecule has 0 saturated heterocycles. The fourth-order valence-electron chi connectivity index (χ4n) is 1.67. The number of hydrogen-bond donors (Lipinski definition) is 2. The standard InChI is InChI=1S/C12H18F2N4O2.ClH/c13-12(14,6-15)7-16-9(19)2-1-3-10-17-11(18-20-10)8-4-5-8;/h8H,1-7,15H2,(H,16,19);1H. The lowest BCUT2D eigenvalue weighted by Gasteiger charge is -2.14. The van der Waals surface area contributed by atoms with Crippen LogP contribution in [0.1, 0.15) is 43.3 Å². The molecule has 1 heterocycles. The Bertz CT molecular complexity index is 466. The first kappa shape index (κ1) is 17.8. The fraction of sp³-hybridized carbons (Fsp3) is 0.750. The van der Waals surface area contributed by atoms with Crippen LogP contribution in [0.15, 0.2) is 4.52 Å². The fourth-order valence-corrected chi connectivity index (χ4v) is 1.67. The molecule has 1 amide bonds. The number of carbonyl (C=O) groups excluding carboxylic acids is 1. The third-order valence-electron chi connectivity index (χ3n) is 3.06. The highest BCUT2D eigenvalue weighted by atomic mass is 35.5. The maximum absolute atomic E-state index is 12.8. The first-order chi connectivity index (χ1) is 9.50. The van der Waals surface area contributed by atoms with E-state index in [0.29, 0.717) is 24.7 Å². The van der Waals surface area contributed by atoms with E-state index in [0.717, 1.165) is 18.7 Å². The molecule has 0 radical (unpaired) electrons. The second-order valence-corrected chi connectivity index (χ2v) is 5.01. The summed E-state index contributed by atoms with van der Waals surface area (Å²) in [6, 6.07) is 0. The SMILES string of the molecule is Cl.NCC(F)(F)CNC(=O)CCCc1nc(C2CC2)no1. The van der Waals surface area contributed by atoms with Gasteiger partial charge in [-0.15, -0.1) is 12.4 Å². The van der Waals surface area contributed by atoms with Crippen LogP contribution in [0.5, 0.6) is 0 Å². The van der Waals surface area contributed by atoms with Gasteiger partial charge in [0.25, 0.3) is 5.92 Å². The van der Waals surface area contributed by atoms with E-state index in [2.05, 4.69) is 15.5 Å². The van der Waals surface area contributed by atoms with E-state index in [9.17, 15) is 13.6 Å². The summed E-state index contributed by atoms with van der Waals surface area (Å²) in [6.45, 7) is -1.51. The molecule has 1 fully saturated rings. The van der Waals surface area contributed by atoms with Crippen molar-refractivity contribution in [2.75, 3.05) is 13.1 Å². The zero-order chi connectivity index (χ0) is 14.6. The quantitative estimate of drug-likeness (QED) is 0.754. The monoisotopic (exact) mass is 324 g/mol. The Hall–Kier alpha value is -1.28. The van der Waals surface area contributed by atoms with E-state index < -0.39 is 24.9 Å². The summed E-state index contributed by atoms with van der Waals surface area (Å²) in [5, 5.41) is 6.01. The minimum atomic E-state index is -3.05. The lowest BCUT2D eigenvalue weighted by atomic mass is 10.2. The van der Waals surface area contributed by atoms with Gasteiger partial charge in [0.1, 0.15) is 0 Å². The average molecular weight is 325 g/mol. The van der Waals surface area contributed by atoms with Crippen LogP contribution in [0.25, 0.3) is 0 Å². The van der Waals surface area contributed by atoms with Gasteiger partial charge >= 0.3 is 0 Å². The van der Waals surface area contributed by atoms with Gasteiger partial charge < -0.3 is 15.6 Å². The van der Waals surface area contributed by atoms with Gasteiger partial charge in [-0.3, -0.25) is 4.79 Å². The minimum absolute atomic E-state index is 0. The van der Waals surface area contributed by atoms with Crippen molar-refractivity contribution in [3.8, 4) is 0 Å². The Morgan fingerprint density at radius 1 is 1.48 bits per heavy atom. The zero-order valence-corrected chi connectivity index (χ0v) is 12.3. The smallest absolute Gasteiger partial charge is 0.277 e. The molecule has 0 aliphatic heterocycles. The molecule has 0 unspecified atom stereocenters. The van der Waals surface area contributed by atoms with Gasteiger partial charge in [0.2, 0.25) is 11.8 Å². The van der Waals surface area contributed by atoms with Crippen molar-refractivity contribution in [3.63, 3.8) is 0 Å². The lowest BCUT2D eigenvalue weighted by Crippen LogP contribution is -2.41. The predicted molar refractivity (Wildman–Crippen MR) is 73.5 cm³/mol. The maximum Gasteiger partial charge on any atom is 0.277 e. The summed E-state index contributed by atoms with van der Waals surface area (Å²) in [7, 11) is 0.